The minimum absolute atomic E-state index is 0.0686. The van der Waals surface area contributed by atoms with Gasteiger partial charge in [0, 0.05) is 18.6 Å². The Labute approximate surface area is 92.6 Å². The third-order valence-corrected chi connectivity index (χ3v) is 3.34. The lowest BCUT2D eigenvalue weighted by Gasteiger charge is -2.11. The number of carbonyl (C=O) groups excluding carboxylic acids is 2. The van der Waals surface area contributed by atoms with Crippen molar-refractivity contribution in [1.82, 2.24) is 4.31 Å². The van der Waals surface area contributed by atoms with E-state index in [0.717, 1.165) is 5.56 Å². The molecule has 1 aromatic carbocycles. The maximum atomic E-state index is 11.3. The summed E-state index contributed by atoms with van der Waals surface area (Å²) in [6.45, 7) is 0. The Kier molecular flexibility index (Phi) is 3.06. The van der Waals surface area contributed by atoms with Gasteiger partial charge in [-0.15, -0.1) is 0 Å². The molecule has 1 aliphatic heterocycles. The Hall–Kier alpha value is -1.29. The number of benzene rings is 1. The highest BCUT2D eigenvalue weighted by atomic mass is 32.2. The molecule has 0 aliphatic carbocycles. The molecule has 15 heavy (non-hydrogen) atoms. The van der Waals surface area contributed by atoms with Crippen molar-refractivity contribution in [2.45, 2.75) is 18.6 Å². The lowest BCUT2D eigenvalue weighted by Crippen LogP contribution is -2.21. The topological polar surface area (TPSA) is 37.4 Å². The van der Waals surface area contributed by atoms with Crippen LogP contribution in [0.5, 0.6) is 0 Å². The van der Waals surface area contributed by atoms with Crippen molar-refractivity contribution in [3.8, 4) is 0 Å². The first-order chi connectivity index (χ1) is 7.27. The van der Waals surface area contributed by atoms with Crippen LogP contribution in [-0.2, 0) is 15.3 Å². The van der Waals surface area contributed by atoms with Crippen molar-refractivity contribution in [2.75, 3.05) is 0 Å². The van der Waals surface area contributed by atoms with Gasteiger partial charge in [0.15, 0.2) is 0 Å². The van der Waals surface area contributed by atoms with Gasteiger partial charge in [0.2, 0.25) is 11.8 Å². The molecular formula is C11H11NO2S. The summed E-state index contributed by atoms with van der Waals surface area (Å²) in [7, 11) is 0. The molecule has 1 aromatic rings. The highest BCUT2D eigenvalue weighted by Gasteiger charge is 2.29. The molecule has 0 saturated carbocycles. The number of amides is 2. The van der Waals surface area contributed by atoms with Crippen LogP contribution in [0.3, 0.4) is 0 Å². The molecule has 4 heteroatoms. The fourth-order valence-corrected chi connectivity index (χ4v) is 2.35. The van der Waals surface area contributed by atoms with Gasteiger partial charge in [-0.05, 0) is 17.5 Å². The molecule has 0 unspecified atom stereocenters. The van der Waals surface area contributed by atoms with Crippen molar-refractivity contribution < 1.29 is 9.59 Å². The lowest BCUT2D eigenvalue weighted by atomic mass is 10.2. The molecule has 3 nitrogen and oxygen atoms in total. The van der Waals surface area contributed by atoms with Gasteiger partial charge in [-0.1, -0.05) is 30.3 Å². The van der Waals surface area contributed by atoms with Gasteiger partial charge in [-0.2, -0.15) is 0 Å². The van der Waals surface area contributed by atoms with Crippen LogP contribution in [0.1, 0.15) is 18.4 Å². The standard InChI is InChI=1S/C11H11NO2S/c13-10-6-7-11(14)12(10)15-8-9-4-2-1-3-5-9/h1-5H,6-8H2. The van der Waals surface area contributed by atoms with Gasteiger partial charge in [0.05, 0.1) is 0 Å². The zero-order chi connectivity index (χ0) is 10.7. The minimum Gasteiger partial charge on any atom is -0.273 e. The van der Waals surface area contributed by atoms with Crippen LogP contribution in [-0.4, -0.2) is 16.1 Å². The Bertz CT molecular complexity index is 361. The summed E-state index contributed by atoms with van der Waals surface area (Å²) in [5.74, 6) is 0.528. The largest absolute Gasteiger partial charge is 0.273 e. The summed E-state index contributed by atoms with van der Waals surface area (Å²) in [6, 6.07) is 9.81. The maximum absolute atomic E-state index is 11.3. The lowest BCUT2D eigenvalue weighted by molar-refractivity contribution is -0.131. The molecule has 0 aromatic heterocycles. The second-order valence-electron chi connectivity index (χ2n) is 3.34. The molecule has 0 radical (unpaired) electrons. The highest BCUT2D eigenvalue weighted by Crippen LogP contribution is 2.24. The fraction of sp³-hybridized carbons (Fsp3) is 0.273. The SMILES string of the molecule is O=C1CCC(=O)N1SCc1ccccc1. The number of rotatable bonds is 3. The summed E-state index contributed by atoms with van der Waals surface area (Å²) in [4.78, 5) is 22.6. The Morgan fingerprint density at radius 3 is 2.27 bits per heavy atom. The van der Waals surface area contributed by atoms with Crippen molar-refractivity contribution in [3.63, 3.8) is 0 Å². The van der Waals surface area contributed by atoms with Gasteiger partial charge < -0.3 is 0 Å². The molecule has 1 saturated heterocycles. The third-order valence-electron chi connectivity index (χ3n) is 2.21. The van der Waals surface area contributed by atoms with Crippen LogP contribution in [0.25, 0.3) is 0 Å². The molecule has 78 valence electrons. The molecule has 1 aliphatic rings. The van der Waals surface area contributed by atoms with Crippen LogP contribution in [0.2, 0.25) is 0 Å². The van der Waals surface area contributed by atoms with Gasteiger partial charge in [0.1, 0.15) is 0 Å². The van der Waals surface area contributed by atoms with Gasteiger partial charge in [0.25, 0.3) is 0 Å². The van der Waals surface area contributed by atoms with Gasteiger partial charge >= 0.3 is 0 Å². The smallest absolute Gasteiger partial charge is 0.239 e. The third kappa shape index (κ3) is 2.39. The second kappa shape index (κ2) is 4.49. The van der Waals surface area contributed by atoms with E-state index in [9.17, 15) is 9.59 Å². The quantitative estimate of drug-likeness (QED) is 0.578. The van der Waals surface area contributed by atoms with E-state index in [-0.39, 0.29) is 11.8 Å². The Morgan fingerprint density at radius 2 is 1.67 bits per heavy atom. The van der Waals surface area contributed by atoms with E-state index in [1.807, 2.05) is 30.3 Å². The predicted octanol–water partition coefficient (Wildman–Crippen LogP) is 1.98. The van der Waals surface area contributed by atoms with Crippen LogP contribution < -0.4 is 0 Å². The normalized spacial score (nSPS) is 16.1. The Balaban J connectivity index is 1.93. The van der Waals surface area contributed by atoms with E-state index in [4.69, 9.17) is 0 Å². The monoisotopic (exact) mass is 221 g/mol. The van der Waals surface area contributed by atoms with Crippen LogP contribution in [0, 0.1) is 0 Å². The van der Waals surface area contributed by atoms with Crippen LogP contribution in [0.15, 0.2) is 30.3 Å². The van der Waals surface area contributed by atoms with E-state index >= 15 is 0 Å². The van der Waals surface area contributed by atoms with E-state index in [0.29, 0.717) is 18.6 Å². The molecule has 2 rings (SSSR count). The van der Waals surface area contributed by atoms with E-state index in [2.05, 4.69) is 0 Å². The zero-order valence-electron chi connectivity index (χ0n) is 8.18. The summed E-state index contributed by atoms with van der Waals surface area (Å²) < 4.78 is 1.28. The second-order valence-corrected chi connectivity index (χ2v) is 4.25. The molecule has 2 amide bonds. The van der Waals surface area contributed by atoms with Gasteiger partial charge in [-0.3, -0.25) is 9.59 Å². The number of nitrogens with zero attached hydrogens (tertiary/aromatic N) is 1. The maximum Gasteiger partial charge on any atom is 0.239 e. The fourth-order valence-electron chi connectivity index (χ4n) is 1.41. The Morgan fingerprint density at radius 1 is 1.07 bits per heavy atom. The summed E-state index contributed by atoms with van der Waals surface area (Å²) in [5.41, 5.74) is 1.12. The molecule has 0 bridgehead atoms. The number of imide groups is 1. The number of hydrogen-bond acceptors (Lipinski definition) is 3. The molecule has 0 N–H and O–H groups in total. The van der Waals surface area contributed by atoms with Crippen molar-refractivity contribution in [2.24, 2.45) is 0 Å². The van der Waals surface area contributed by atoms with E-state index in [1.54, 1.807) is 0 Å². The summed E-state index contributed by atoms with van der Waals surface area (Å²) in [6.07, 6.45) is 0.723. The average molecular weight is 221 g/mol. The predicted molar refractivity (Wildman–Crippen MR) is 58.8 cm³/mol. The molecule has 0 spiro atoms. The highest BCUT2D eigenvalue weighted by molar-refractivity contribution is 7.97. The summed E-state index contributed by atoms with van der Waals surface area (Å²) in [5, 5.41) is 0. The minimum atomic E-state index is -0.0686. The first-order valence-electron chi connectivity index (χ1n) is 4.80. The zero-order valence-corrected chi connectivity index (χ0v) is 9.00. The van der Waals surface area contributed by atoms with Crippen molar-refractivity contribution in [1.29, 1.82) is 0 Å². The van der Waals surface area contributed by atoms with Crippen LogP contribution >= 0.6 is 11.9 Å². The summed E-state index contributed by atoms with van der Waals surface area (Å²) >= 11 is 1.29. The first-order valence-corrected chi connectivity index (χ1v) is 5.74. The van der Waals surface area contributed by atoms with E-state index in [1.165, 1.54) is 16.3 Å². The molecule has 1 heterocycles. The average Bonchev–Trinajstić information content (AvgIpc) is 2.58. The van der Waals surface area contributed by atoms with Crippen LogP contribution in [0.4, 0.5) is 0 Å². The van der Waals surface area contributed by atoms with Gasteiger partial charge in [-0.25, -0.2) is 4.31 Å². The molecular weight excluding hydrogens is 210 g/mol. The molecule has 0 atom stereocenters. The molecule has 1 fully saturated rings. The first kappa shape index (κ1) is 10.2. The number of carbonyl (C=O) groups is 2. The van der Waals surface area contributed by atoms with Crippen molar-refractivity contribution in [3.05, 3.63) is 35.9 Å². The van der Waals surface area contributed by atoms with Crippen molar-refractivity contribution >= 4 is 23.8 Å². The van der Waals surface area contributed by atoms with E-state index < -0.39 is 0 Å². The number of hydrogen-bond donors (Lipinski definition) is 0.